The molecule has 0 aromatic heterocycles. The molecule has 0 fully saturated rings. The van der Waals surface area contributed by atoms with Gasteiger partial charge in [-0.05, 0) is 5.56 Å². The Hall–Kier alpha value is -1.40. The molecule has 0 bridgehead atoms. The monoisotopic (exact) mass is 270 g/mol. The molecule has 0 aliphatic carbocycles. The van der Waals surface area contributed by atoms with Crippen LogP contribution in [-0.4, -0.2) is 38.6 Å². The first-order chi connectivity index (χ1) is 8.38. The van der Waals surface area contributed by atoms with Crippen molar-refractivity contribution in [1.29, 1.82) is 0 Å². The molecule has 0 saturated heterocycles. The Bertz CT molecular complexity index is 485. The maximum Gasteiger partial charge on any atom is 0.219 e. The van der Waals surface area contributed by atoms with Crippen LogP contribution in [0.1, 0.15) is 12.5 Å². The van der Waals surface area contributed by atoms with Gasteiger partial charge in [-0.25, -0.2) is 13.1 Å². The van der Waals surface area contributed by atoms with Crippen LogP contribution in [0.15, 0.2) is 30.3 Å². The van der Waals surface area contributed by atoms with Gasteiger partial charge < -0.3 is 4.90 Å². The lowest BCUT2D eigenvalue weighted by atomic mass is 10.2. The summed E-state index contributed by atoms with van der Waals surface area (Å²) in [4.78, 5) is 13.1. The molecule has 100 valence electrons. The molecular weight excluding hydrogens is 252 g/mol. The van der Waals surface area contributed by atoms with Crippen LogP contribution in [0.4, 0.5) is 0 Å². The first kappa shape index (κ1) is 14.7. The maximum absolute atomic E-state index is 11.5. The molecule has 6 heteroatoms. The minimum Gasteiger partial charge on any atom is -0.337 e. The second kappa shape index (κ2) is 6.51. The number of amides is 1. The Morgan fingerprint density at radius 2 is 1.89 bits per heavy atom. The van der Waals surface area contributed by atoms with Gasteiger partial charge in [0.15, 0.2) is 0 Å². The highest BCUT2D eigenvalue weighted by Crippen LogP contribution is 2.04. The minimum atomic E-state index is -3.21. The van der Waals surface area contributed by atoms with Crippen LogP contribution < -0.4 is 4.72 Å². The Balaban J connectivity index is 2.54. The molecule has 5 nitrogen and oxygen atoms in total. The molecule has 1 rings (SSSR count). The number of hydrogen-bond donors (Lipinski definition) is 1. The van der Waals surface area contributed by atoms with Crippen molar-refractivity contribution in [3.8, 4) is 0 Å². The number of hydrogen-bond acceptors (Lipinski definition) is 3. The highest BCUT2D eigenvalue weighted by Gasteiger charge is 2.10. The predicted octanol–water partition coefficient (Wildman–Crippen LogP) is 0.584. The zero-order valence-electron chi connectivity index (χ0n) is 10.6. The van der Waals surface area contributed by atoms with E-state index in [1.165, 1.54) is 6.92 Å². The van der Waals surface area contributed by atoms with E-state index in [1.807, 2.05) is 30.3 Å². The summed E-state index contributed by atoms with van der Waals surface area (Å²) in [5.41, 5.74) is 1.02. The van der Waals surface area contributed by atoms with E-state index < -0.39 is 10.0 Å². The first-order valence-electron chi connectivity index (χ1n) is 5.62. The number of nitrogens with zero attached hydrogens (tertiary/aromatic N) is 1. The normalized spacial score (nSPS) is 11.2. The van der Waals surface area contributed by atoms with E-state index in [2.05, 4.69) is 4.72 Å². The van der Waals surface area contributed by atoms with Crippen molar-refractivity contribution in [2.24, 2.45) is 0 Å². The van der Waals surface area contributed by atoms with Crippen molar-refractivity contribution in [3.05, 3.63) is 35.9 Å². The fourth-order valence-electron chi connectivity index (χ4n) is 1.52. The van der Waals surface area contributed by atoms with Gasteiger partial charge in [-0.1, -0.05) is 30.3 Å². The first-order valence-corrected chi connectivity index (χ1v) is 7.52. The van der Waals surface area contributed by atoms with Crippen molar-refractivity contribution in [1.82, 2.24) is 9.62 Å². The molecule has 0 radical (unpaired) electrons. The smallest absolute Gasteiger partial charge is 0.219 e. The molecule has 0 heterocycles. The number of carbonyl (C=O) groups excluding carboxylic acids is 1. The van der Waals surface area contributed by atoms with Crippen molar-refractivity contribution < 1.29 is 13.2 Å². The highest BCUT2D eigenvalue weighted by molar-refractivity contribution is 7.88. The highest BCUT2D eigenvalue weighted by atomic mass is 32.2. The summed E-state index contributed by atoms with van der Waals surface area (Å²) in [6.45, 7) is 2.55. The summed E-state index contributed by atoms with van der Waals surface area (Å²) in [5.74, 6) is -0.0749. The summed E-state index contributed by atoms with van der Waals surface area (Å²) in [6, 6.07) is 9.58. The van der Waals surface area contributed by atoms with Gasteiger partial charge in [0.2, 0.25) is 15.9 Å². The lowest BCUT2D eigenvalue weighted by molar-refractivity contribution is -0.129. The third-order valence-corrected chi connectivity index (χ3v) is 3.14. The van der Waals surface area contributed by atoms with E-state index >= 15 is 0 Å². The predicted molar refractivity (Wildman–Crippen MR) is 70.4 cm³/mol. The van der Waals surface area contributed by atoms with Gasteiger partial charge in [-0.15, -0.1) is 0 Å². The van der Waals surface area contributed by atoms with Crippen LogP contribution in [0.25, 0.3) is 0 Å². The largest absolute Gasteiger partial charge is 0.337 e. The van der Waals surface area contributed by atoms with Gasteiger partial charge in [-0.2, -0.15) is 0 Å². The molecule has 18 heavy (non-hydrogen) atoms. The Labute approximate surface area is 108 Å². The fourth-order valence-corrected chi connectivity index (χ4v) is 1.98. The molecule has 0 aliphatic rings. The molecule has 0 unspecified atom stereocenters. The number of sulfonamides is 1. The van der Waals surface area contributed by atoms with Gasteiger partial charge in [0.05, 0.1) is 6.26 Å². The average Bonchev–Trinajstić information content (AvgIpc) is 2.27. The number of rotatable bonds is 6. The van der Waals surface area contributed by atoms with Crippen LogP contribution >= 0.6 is 0 Å². The van der Waals surface area contributed by atoms with Gasteiger partial charge in [0, 0.05) is 26.6 Å². The minimum absolute atomic E-state index is 0.0749. The molecule has 0 spiro atoms. The number of carbonyl (C=O) groups is 1. The van der Waals surface area contributed by atoms with Crippen molar-refractivity contribution in [3.63, 3.8) is 0 Å². The lowest BCUT2D eigenvalue weighted by Crippen LogP contribution is -2.36. The van der Waals surface area contributed by atoms with Gasteiger partial charge in [0.1, 0.15) is 0 Å². The van der Waals surface area contributed by atoms with Crippen LogP contribution in [0, 0.1) is 0 Å². The van der Waals surface area contributed by atoms with Gasteiger partial charge >= 0.3 is 0 Å². The summed E-state index contributed by atoms with van der Waals surface area (Å²) in [6.07, 6.45) is 1.10. The lowest BCUT2D eigenvalue weighted by Gasteiger charge is -2.21. The fraction of sp³-hybridized carbons (Fsp3) is 0.417. The van der Waals surface area contributed by atoms with E-state index in [1.54, 1.807) is 4.90 Å². The molecule has 1 N–H and O–H groups in total. The Morgan fingerprint density at radius 3 is 2.39 bits per heavy atom. The molecule has 1 aromatic rings. The average molecular weight is 270 g/mol. The summed E-state index contributed by atoms with van der Waals surface area (Å²) in [7, 11) is -3.21. The second-order valence-corrected chi connectivity index (χ2v) is 5.93. The number of benzene rings is 1. The second-order valence-electron chi connectivity index (χ2n) is 4.09. The Kier molecular flexibility index (Phi) is 5.30. The summed E-state index contributed by atoms with van der Waals surface area (Å²) < 4.78 is 24.2. The van der Waals surface area contributed by atoms with Crippen LogP contribution in [-0.2, 0) is 21.4 Å². The zero-order chi connectivity index (χ0) is 13.6. The molecule has 0 saturated carbocycles. The van der Waals surface area contributed by atoms with E-state index in [0.717, 1.165) is 11.8 Å². The van der Waals surface area contributed by atoms with Gasteiger partial charge in [0.25, 0.3) is 0 Å². The van der Waals surface area contributed by atoms with Crippen molar-refractivity contribution in [2.45, 2.75) is 13.5 Å². The van der Waals surface area contributed by atoms with Crippen LogP contribution in [0.2, 0.25) is 0 Å². The van der Waals surface area contributed by atoms with Crippen molar-refractivity contribution in [2.75, 3.05) is 19.3 Å². The molecule has 0 aliphatic heterocycles. The molecule has 0 atom stereocenters. The van der Waals surface area contributed by atoms with Crippen LogP contribution in [0.5, 0.6) is 0 Å². The van der Waals surface area contributed by atoms with E-state index in [9.17, 15) is 13.2 Å². The third-order valence-electron chi connectivity index (χ3n) is 2.41. The zero-order valence-corrected chi connectivity index (χ0v) is 11.4. The summed E-state index contributed by atoms with van der Waals surface area (Å²) >= 11 is 0. The van der Waals surface area contributed by atoms with Crippen molar-refractivity contribution >= 4 is 15.9 Å². The number of nitrogens with one attached hydrogen (secondary N) is 1. The van der Waals surface area contributed by atoms with Gasteiger partial charge in [-0.3, -0.25) is 4.79 Å². The topological polar surface area (TPSA) is 66.5 Å². The third kappa shape index (κ3) is 5.79. The molecular formula is C12H18N2O3S. The molecule has 1 amide bonds. The molecule has 1 aromatic carbocycles. The Morgan fingerprint density at radius 1 is 1.28 bits per heavy atom. The standard InChI is InChI=1S/C12H18N2O3S/c1-11(15)14(9-8-13-18(2,16)17)10-12-6-4-3-5-7-12/h3-7,13H,8-10H2,1-2H3. The van der Waals surface area contributed by atoms with E-state index in [0.29, 0.717) is 13.1 Å². The quantitative estimate of drug-likeness (QED) is 0.822. The van der Waals surface area contributed by atoms with E-state index in [-0.39, 0.29) is 12.5 Å². The maximum atomic E-state index is 11.5. The summed E-state index contributed by atoms with van der Waals surface area (Å²) in [5, 5.41) is 0. The van der Waals surface area contributed by atoms with E-state index in [4.69, 9.17) is 0 Å². The van der Waals surface area contributed by atoms with Crippen LogP contribution in [0.3, 0.4) is 0 Å². The SMILES string of the molecule is CC(=O)N(CCNS(C)(=O)=O)Cc1ccccc1.